The maximum Gasteiger partial charge on any atom is 0.169 e. The van der Waals surface area contributed by atoms with Crippen LogP contribution in [0.15, 0.2) is 11.4 Å². The SMILES string of the molecule is CC(=O)c1cc(CN2CCN(C(C)C)[C@H](CCO)C2)cs1. The third-order valence-electron chi connectivity index (χ3n) is 4.14. The van der Waals surface area contributed by atoms with Crippen molar-refractivity contribution in [3.63, 3.8) is 0 Å². The Morgan fingerprint density at radius 3 is 2.81 bits per heavy atom. The predicted molar refractivity (Wildman–Crippen MR) is 86.9 cm³/mol. The third kappa shape index (κ3) is 4.36. The number of aliphatic hydroxyl groups excluding tert-OH is 1. The first-order valence-electron chi connectivity index (χ1n) is 7.68. The molecule has 0 aliphatic carbocycles. The highest BCUT2D eigenvalue weighted by atomic mass is 32.1. The molecule has 0 spiro atoms. The van der Waals surface area contributed by atoms with E-state index >= 15 is 0 Å². The Kier molecular flexibility index (Phi) is 5.93. The summed E-state index contributed by atoms with van der Waals surface area (Å²) in [5, 5.41) is 11.4. The molecule has 1 atom stereocenters. The number of aliphatic hydroxyl groups is 1. The molecule has 0 aromatic carbocycles. The molecule has 0 radical (unpaired) electrons. The zero-order chi connectivity index (χ0) is 15.4. The van der Waals surface area contributed by atoms with Gasteiger partial charge in [-0.25, -0.2) is 0 Å². The minimum absolute atomic E-state index is 0.147. The molecule has 4 nitrogen and oxygen atoms in total. The maximum absolute atomic E-state index is 11.4. The van der Waals surface area contributed by atoms with E-state index in [1.165, 1.54) is 16.9 Å². The molecular weight excluding hydrogens is 284 g/mol. The molecule has 0 saturated carbocycles. The molecule has 1 aliphatic heterocycles. The highest BCUT2D eigenvalue weighted by Crippen LogP contribution is 2.21. The van der Waals surface area contributed by atoms with Gasteiger partial charge in [0.05, 0.1) is 4.88 Å². The van der Waals surface area contributed by atoms with Crippen molar-refractivity contribution in [3.05, 3.63) is 21.9 Å². The average Bonchev–Trinajstić information content (AvgIpc) is 2.88. The lowest BCUT2D eigenvalue weighted by molar-refractivity contribution is 0.0350. The average molecular weight is 310 g/mol. The zero-order valence-electron chi connectivity index (χ0n) is 13.2. The van der Waals surface area contributed by atoms with Crippen molar-refractivity contribution in [1.29, 1.82) is 0 Å². The van der Waals surface area contributed by atoms with Crippen LogP contribution in [0.25, 0.3) is 0 Å². The Morgan fingerprint density at radius 2 is 2.24 bits per heavy atom. The largest absolute Gasteiger partial charge is 0.396 e. The van der Waals surface area contributed by atoms with Crippen LogP contribution in [0.4, 0.5) is 0 Å². The molecule has 1 aromatic rings. The zero-order valence-corrected chi connectivity index (χ0v) is 14.0. The number of Topliss-reactive ketones (excluding diaryl/α,β-unsaturated/α-hetero) is 1. The number of piperazine rings is 1. The molecule has 1 N–H and O–H groups in total. The van der Waals surface area contributed by atoms with E-state index in [0.29, 0.717) is 12.1 Å². The summed E-state index contributed by atoms with van der Waals surface area (Å²) in [6, 6.07) is 2.96. The molecule has 21 heavy (non-hydrogen) atoms. The fraction of sp³-hybridized carbons (Fsp3) is 0.688. The van der Waals surface area contributed by atoms with E-state index < -0.39 is 0 Å². The van der Waals surface area contributed by atoms with Gasteiger partial charge >= 0.3 is 0 Å². The third-order valence-corrected chi connectivity index (χ3v) is 5.22. The molecule has 2 heterocycles. The van der Waals surface area contributed by atoms with Gasteiger partial charge in [-0.05, 0) is 44.2 Å². The van der Waals surface area contributed by atoms with Crippen LogP contribution in [0.5, 0.6) is 0 Å². The molecular formula is C16H26N2O2S. The molecule has 1 aromatic heterocycles. The smallest absolute Gasteiger partial charge is 0.169 e. The van der Waals surface area contributed by atoms with Crippen molar-refractivity contribution in [2.24, 2.45) is 0 Å². The number of hydrogen-bond donors (Lipinski definition) is 1. The lowest BCUT2D eigenvalue weighted by Crippen LogP contribution is -2.55. The van der Waals surface area contributed by atoms with Crippen molar-refractivity contribution in [2.75, 3.05) is 26.2 Å². The first-order valence-corrected chi connectivity index (χ1v) is 8.56. The van der Waals surface area contributed by atoms with Crippen molar-refractivity contribution in [3.8, 4) is 0 Å². The second kappa shape index (κ2) is 7.49. The van der Waals surface area contributed by atoms with Gasteiger partial charge in [0.15, 0.2) is 5.78 Å². The maximum atomic E-state index is 11.4. The normalized spacial score (nSPS) is 21.1. The van der Waals surface area contributed by atoms with E-state index in [1.54, 1.807) is 6.92 Å². The molecule has 5 heteroatoms. The van der Waals surface area contributed by atoms with Crippen molar-refractivity contribution >= 4 is 17.1 Å². The van der Waals surface area contributed by atoms with Gasteiger partial charge in [-0.3, -0.25) is 14.6 Å². The fourth-order valence-electron chi connectivity index (χ4n) is 3.06. The van der Waals surface area contributed by atoms with Gasteiger partial charge in [-0.2, -0.15) is 0 Å². The Balaban J connectivity index is 1.96. The topological polar surface area (TPSA) is 43.8 Å². The van der Waals surface area contributed by atoms with Crippen LogP contribution in [0.1, 0.15) is 42.4 Å². The van der Waals surface area contributed by atoms with Crippen LogP contribution in [-0.2, 0) is 6.54 Å². The standard InChI is InChI=1S/C16H26N2O2S/c1-12(2)18-6-5-17(10-15(18)4-7-19)9-14-8-16(13(3)20)21-11-14/h8,11-12,15,19H,4-7,9-10H2,1-3H3/t15-/m1/s1. The van der Waals surface area contributed by atoms with E-state index in [2.05, 4.69) is 29.0 Å². The lowest BCUT2D eigenvalue weighted by Gasteiger charge is -2.43. The van der Waals surface area contributed by atoms with E-state index in [-0.39, 0.29) is 12.4 Å². The Hall–Kier alpha value is -0.750. The Morgan fingerprint density at radius 1 is 1.48 bits per heavy atom. The van der Waals surface area contributed by atoms with Crippen molar-refractivity contribution in [1.82, 2.24) is 9.80 Å². The first kappa shape index (κ1) is 16.6. The van der Waals surface area contributed by atoms with E-state index in [9.17, 15) is 9.90 Å². The molecule has 0 amide bonds. The summed E-state index contributed by atoms with van der Waals surface area (Å²) in [4.78, 5) is 17.1. The molecule has 1 fully saturated rings. The monoisotopic (exact) mass is 310 g/mol. The second-order valence-corrected chi connectivity index (χ2v) is 7.02. The molecule has 1 saturated heterocycles. The highest BCUT2D eigenvalue weighted by molar-refractivity contribution is 7.12. The fourth-order valence-corrected chi connectivity index (χ4v) is 3.87. The quantitative estimate of drug-likeness (QED) is 0.818. The van der Waals surface area contributed by atoms with Crippen LogP contribution in [0, 0.1) is 0 Å². The number of thiophene rings is 1. The summed E-state index contributed by atoms with van der Waals surface area (Å²) in [6.45, 7) is 10.3. The lowest BCUT2D eigenvalue weighted by atomic mass is 10.1. The summed E-state index contributed by atoms with van der Waals surface area (Å²) in [7, 11) is 0. The number of hydrogen-bond acceptors (Lipinski definition) is 5. The second-order valence-electron chi connectivity index (χ2n) is 6.11. The Labute approximate surface area is 131 Å². The minimum atomic E-state index is 0.147. The summed E-state index contributed by atoms with van der Waals surface area (Å²) in [5.74, 6) is 0.147. The van der Waals surface area contributed by atoms with Crippen LogP contribution < -0.4 is 0 Å². The number of ketones is 1. The van der Waals surface area contributed by atoms with Gasteiger partial charge in [-0.1, -0.05) is 0 Å². The van der Waals surface area contributed by atoms with E-state index in [4.69, 9.17) is 0 Å². The molecule has 118 valence electrons. The van der Waals surface area contributed by atoms with E-state index in [0.717, 1.165) is 37.5 Å². The van der Waals surface area contributed by atoms with Crippen LogP contribution in [0.2, 0.25) is 0 Å². The summed E-state index contributed by atoms with van der Waals surface area (Å²) in [5.41, 5.74) is 1.23. The Bertz CT molecular complexity index is 473. The summed E-state index contributed by atoms with van der Waals surface area (Å²) >= 11 is 1.54. The van der Waals surface area contributed by atoms with Gasteiger partial charge in [0.2, 0.25) is 0 Å². The molecule has 0 unspecified atom stereocenters. The molecule has 0 bridgehead atoms. The number of carbonyl (C=O) groups is 1. The molecule has 2 rings (SSSR count). The molecule has 1 aliphatic rings. The predicted octanol–water partition coefficient (Wildman–Crippen LogP) is 2.23. The van der Waals surface area contributed by atoms with Crippen molar-refractivity contribution < 1.29 is 9.90 Å². The van der Waals surface area contributed by atoms with E-state index in [1.807, 2.05) is 6.07 Å². The number of rotatable bonds is 6. The number of carbonyl (C=O) groups excluding carboxylic acids is 1. The van der Waals surface area contributed by atoms with Crippen LogP contribution in [-0.4, -0.2) is 59.0 Å². The van der Waals surface area contributed by atoms with Gasteiger partial charge < -0.3 is 5.11 Å². The van der Waals surface area contributed by atoms with Crippen LogP contribution >= 0.6 is 11.3 Å². The van der Waals surface area contributed by atoms with Crippen LogP contribution in [0.3, 0.4) is 0 Å². The van der Waals surface area contributed by atoms with Gasteiger partial charge in [0, 0.05) is 44.9 Å². The van der Waals surface area contributed by atoms with Gasteiger partial charge in [0.1, 0.15) is 0 Å². The first-order chi connectivity index (χ1) is 10.0. The van der Waals surface area contributed by atoms with Crippen molar-refractivity contribution in [2.45, 2.75) is 45.8 Å². The summed E-state index contributed by atoms with van der Waals surface area (Å²) < 4.78 is 0. The van der Waals surface area contributed by atoms with Gasteiger partial charge in [-0.15, -0.1) is 11.3 Å². The minimum Gasteiger partial charge on any atom is -0.396 e. The highest BCUT2D eigenvalue weighted by Gasteiger charge is 2.28. The van der Waals surface area contributed by atoms with Gasteiger partial charge in [0.25, 0.3) is 0 Å². The summed E-state index contributed by atoms with van der Waals surface area (Å²) in [6.07, 6.45) is 0.830. The number of nitrogens with zero attached hydrogens (tertiary/aromatic N) is 2.